The highest BCUT2D eigenvalue weighted by atomic mass is 32.3. The molecular weight excluding hydrogens is 214 g/mol. The van der Waals surface area contributed by atoms with Crippen LogP contribution in [0.25, 0.3) is 0 Å². The molecule has 2 aliphatic carbocycles. The van der Waals surface area contributed by atoms with Crippen LogP contribution in [-0.2, 0) is 19.9 Å². The molecule has 0 aromatic carbocycles. The predicted molar refractivity (Wildman–Crippen MR) is 47.0 cm³/mol. The molecule has 0 atom stereocenters. The molecule has 2 rings (SSSR count). The van der Waals surface area contributed by atoms with E-state index in [2.05, 4.69) is 0 Å². The summed E-state index contributed by atoms with van der Waals surface area (Å²) in [6, 6.07) is 0. The molecule has 0 unspecified atom stereocenters. The van der Waals surface area contributed by atoms with Crippen molar-refractivity contribution in [3.8, 4) is 0 Å². The van der Waals surface area contributed by atoms with Crippen LogP contribution >= 0.6 is 0 Å². The molecule has 13 heavy (non-hydrogen) atoms. The first-order valence-electron chi connectivity index (χ1n) is 4.07. The fourth-order valence-electron chi connectivity index (χ4n) is 1.52. The van der Waals surface area contributed by atoms with Gasteiger partial charge >= 0.3 is 0 Å². The van der Waals surface area contributed by atoms with Crippen LogP contribution in [0.5, 0.6) is 0 Å². The van der Waals surface area contributed by atoms with E-state index in [4.69, 9.17) is 5.14 Å². The maximum Gasteiger partial charge on any atom is 0.229 e. The third kappa shape index (κ3) is 1.14. The van der Waals surface area contributed by atoms with Gasteiger partial charge in [-0.3, -0.25) is 0 Å². The van der Waals surface area contributed by atoms with Crippen LogP contribution in [0.15, 0.2) is 0 Å². The summed E-state index contributed by atoms with van der Waals surface area (Å²) in [4.78, 5) is 0. The molecule has 2 aliphatic rings. The highest BCUT2D eigenvalue weighted by Gasteiger charge is 2.66. The smallest absolute Gasteiger partial charge is 0.227 e. The van der Waals surface area contributed by atoms with E-state index in [0.717, 1.165) is 0 Å². The molecule has 2 fully saturated rings. The first-order chi connectivity index (χ1) is 5.81. The Kier molecular flexibility index (Phi) is 1.64. The largest absolute Gasteiger partial charge is 0.229 e. The first kappa shape index (κ1) is 9.42. The van der Waals surface area contributed by atoms with E-state index in [1.165, 1.54) is 0 Å². The van der Waals surface area contributed by atoms with E-state index >= 15 is 0 Å². The lowest BCUT2D eigenvalue weighted by Crippen LogP contribution is -2.39. The van der Waals surface area contributed by atoms with Crippen LogP contribution in [-0.4, -0.2) is 26.2 Å². The van der Waals surface area contributed by atoms with Gasteiger partial charge in [0, 0.05) is 0 Å². The Balaban J connectivity index is 2.46. The van der Waals surface area contributed by atoms with Crippen molar-refractivity contribution in [2.45, 2.75) is 35.0 Å². The van der Waals surface area contributed by atoms with E-state index in [9.17, 15) is 16.8 Å². The number of rotatable bonds is 3. The van der Waals surface area contributed by atoms with Gasteiger partial charge in [0.2, 0.25) is 10.0 Å². The average molecular weight is 225 g/mol. The summed E-state index contributed by atoms with van der Waals surface area (Å²) < 4.78 is 43.9. The molecule has 0 aromatic rings. The van der Waals surface area contributed by atoms with Crippen LogP contribution in [0.1, 0.15) is 25.7 Å². The molecule has 0 spiro atoms. The lowest BCUT2D eigenvalue weighted by atomic mass is 10.9. The summed E-state index contributed by atoms with van der Waals surface area (Å²) in [6.45, 7) is 0. The summed E-state index contributed by atoms with van der Waals surface area (Å²) in [6.07, 6.45) is 1.51. The van der Waals surface area contributed by atoms with Gasteiger partial charge in [0.1, 0.15) is 0 Å². The number of sulfonamides is 1. The van der Waals surface area contributed by atoms with Gasteiger partial charge in [-0.1, -0.05) is 0 Å². The second-order valence-electron chi connectivity index (χ2n) is 3.70. The summed E-state index contributed by atoms with van der Waals surface area (Å²) in [5.41, 5.74) is 0. The number of primary sulfonamides is 1. The molecule has 2 saturated carbocycles. The molecule has 0 bridgehead atoms. The van der Waals surface area contributed by atoms with Crippen molar-refractivity contribution in [3.05, 3.63) is 0 Å². The van der Waals surface area contributed by atoms with Gasteiger partial charge in [-0.2, -0.15) is 0 Å². The second-order valence-corrected chi connectivity index (χ2v) is 8.37. The van der Waals surface area contributed by atoms with E-state index in [1.807, 2.05) is 0 Å². The van der Waals surface area contributed by atoms with Gasteiger partial charge in [-0.15, -0.1) is 0 Å². The van der Waals surface area contributed by atoms with Gasteiger partial charge in [-0.05, 0) is 25.7 Å². The number of hydrogen-bond donors (Lipinski definition) is 1. The normalized spacial score (nSPS) is 27.2. The molecule has 7 heteroatoms. The van der Waals surface area contributed by atoms with Crippen LogP contribution in [0, 0.1) is 0 Å². The summed E-state index contributed by atoms with van der Waals surface area (Å²) in [7, 11) is -7.47. The Hall–Kier alpha value is -0.140. The second kappa shape index (κ2) is 2.26. The zero-order valence-corrected chi connectivity index (χ0v) is 8.57. The van der Waals surface area contributed by atoms with Crippen molar-refractivity contribution < 1.29 is 16.8 Å². The molecule has 76 valence electrons. The number of nitrogens with two attached hydrogens (primary N) is 1. The minimum atomic E-state index is -3.94. The summed E-state index contributed by atoms with van der Waals surface area (Å²) in [5.74, 6) is 0. The lowest BCUT2D eigenvalue weighted by molar-refractivity contribution is 0.572. The Labute approximate surface area is 77.3 Å². The van der Waals surface area contributed by atoms with E-state index in [0.29, 0.717) is 12.8 Å². The zero-order valence-electron chi connectivity index (χ0n) is 6.93. The molecule has 5 nitrogen and oxygen atoms in total. The molecule has 0 heterocycles. The Bertz CT molecular complexity index is 427. The maximum atomic E-state index is 11.7. The zero-order chi connectivity index (χ0) is 9.91. The average Bonchev–Trinajstić information content (AvgIpc) is 2.82. The lowest BCUT2D eigenvalue weighted by Gasteiger charge is -2.12. The van der Waals surface area contributed by atoms with Crippen LogP contribution < -0.4 is 5.14 Å². The molecule has 0 radical (unpaired) electrons. The number of hydrogen-bond acceptors (Lipinski definition) is 4. The molecule has 0 saturated heterocycles. The van der Waals surface area contributed by atoms with Gasteiger partial charge in [-0.25, -0.2) is 22.0 Å². The first-order valence-corrected chi connectivity index (χ1v) is 7.16. The summed E-state index contributed by atoms with van der Waals surface area (Å²) in [5, 5.41) is 4.47. The van der Waals surface area contributed by atoms with Gasteiger partial charge in [0.05, 0.1) is 5.25 Å². The van der Waals surface area contributed by atoms with Crippen molar-refractivity contribution in [2.24, 2.45) is 5.14 Å². The minimum absolute atomic E-state index is 0.171. The monoisotopic (exact) mass is 225 g/mol. The highest BCUT2D eigenvalue weighted by Crippen LogP contribution is 2.52. The van der Waals surface area contributed by atoms with E-state index in [1.54, 1.807) is 0 Å². The number of sulfone groups is 1. The SMILES string of the molecule is NS(=O)(=O)C1(S(=O)(=O)C2CC2)CC1. The quantitative estimate of drug-likeness (QED) is 0.690. The molecule has 0 aliphatic heterocycles. The fourth-order valence-corrected chi connectivity index (χ4v) is 5.92. The van der Waals surface area contributed by atoms with Crippen molar-refractivity contribution in [2.75, 3.05) is 0 Å². The van der Waals surface area contributed by atoms with E-state index in [-0.39, 0.29) is 12.8 Å². The van der Waals surface area contributed by atoms with Crippen LogP contribution in [0.4, 0.5) is 0 Å². The minimum Gasteiger partial charge on any atom is -0.227 e. The Morgan fingerprint density at radius 1 is 1.08 bits per heavy atom. The standard InChI is InChI=1S/C6H11NO4S2/c7-13(10,11)6(3-4-6)12(8,9)5-1-2-5/h5H,1-4H2,(H2,7,10,11). The van der Waals surface area contributed by atoms with Gasteiger partial charge < -0.3 is 0 Å². The predicted octanol–water partition coefficient (Wildman–Crippen LogP) is -0.658. The highest BCUT2D eigenvalue weighted by molar-refractivity contribution is 8.10. The van der Waals surface area contributed by atoms with Crippen molar-refractivity contribution in [1.82, 2.24) is 0 Å². The van der Waals surface area contributed by atoms with Crippen molar-refractivity contribution >= 4 is 19.9 Å². The fraction of sp³-hybridized carbons (Fsp3) is 1.00. The van der Waals surface area contributed by atoms with Crippen molar-refractivity contribution in [3.63, 3.8) is 0 Å². The molecule has 0 amide bonds. The maximum absolute atomic E-state index is 11.7. The third-order valence-corrected chi connectivity index (χ3v) is 8.29. The molecular formula is C6H11NO4S2. The van der Waals surface area contributed by atoms with Crippen molar-refractivity contribution in [1.29, 1.82) is 0 Å². The molecule has 2 N–H and O–H groups in total. The van der Waals surface area contributed by atoms with Crippen LogP contribution in [0.2, 0.25) is 0 Å². The Morgan fingerprint density at radius 3 is 1.77 bits per heavy atom. The van der Waals surface area contributed by atoms with Gasteiger partial charge in [0.25, 0.3) is 0 Å². The van der Waals surface area contributed by atoms with Crippen LogP contribution in [0.3, 0.4) is 0 Å². The topological polar surface area (TPSA) is 94.3 Å². The van der Waals surface area contributed by atoms with E-state index < -0.39 is 29.2 Å². The Morgan fingerprint density at radius 2 is 1.54 bits per heavy atom. The molecule has 0 aromatic heterocycles. The summed E-state index contributed by atoms with van der Waals surface area (Å²) >= 11 is 0. The van der Waals surface area contributed by atoms with Gasteiger partial charge in [0.15, 0.2) is 13.9 Å². The third-order valence-electron chi connectivity index (χ3n) is 2.66.